The summed E-state index contributed by atoms with van der Waals surface area (Å²) in [6.45, 7) is 4.47. The quantitative estimate of drug-likeness (QED) is 0.206. The van der Waals surface area contributed by atoms with Crippen LogP contribution >= 0.6 is 23.1 Å². The molecule has 2 aromatic carbocycles. The van der Waals surface area contributed by atoms with Crippen molar-refractivity contribution in [3.8, 4) is 0 Å². The first kappa shape index (κ1) is 20.9. The number of thioether (sulfide) groups is 1. The summed E-state index contributed by atoms with van der Waals surface area (Å²) in [7, 11) is -3.60. The number of rotatable bonds is 7. The Labute approximate surface area is 199 Å². The van der Waals surface area contributed by atoms with Crippen LogP contribution in [0.4, 0.5) is 5.69 Å². The summed E-state index contributed by atoms with van der Waals surface area (Å²) in [4.78, 5) is 19.2. The second kappa shape index (κ2) is 7.72. The number of allylic oxidation sites excluding steroid dienone is 1. The maximum absolute atomic E-state index is 13.3. The molecule has 2 aromatic heterocycles. The second-order valence-electron chi connectivity index (χ2n) is 8.30. The molecule has 6 rings (SSSR count). The minimum atomic E-state index is -3.60. The van der Waals surface area contributed by atoms with Crippen molar-refractivity contribution in [2.75, 3.05) is 16.6 Å². The van der Waals surface area contributed by atoms with Gasteiger partial charge in [-0.05, 0) is 47.2 Å². The Morgan fingerprint density at radius 3 is 2.73 bits per heavy atom. The van der Waals surface area contributed by atoms with Gasteiger partial charge in [0.15, 0.2) is 5.16 Å². The zero-order chi connectivity index (χ0) is 22.7. The third-order valence-corrected chi connectivity index (χ3v) is 9.93. The van der Waals surface area contributed by atoms with Gasteiger partial charge >= 0.3 is 0 Å². The molecule has 0 atom stereocenters. The number of hydrogen-bond acceptors (Lipinski definition) is 6. The van der Waals surface area contributed by atoms with Crippen molar-refractivity contribution in [1.82, 2.24) is 9.55 Å². The highest BCUT2D eigenvalue weighted by molar-refractivity contribution is 7.99. The highest BCUT2D eigenvalue weighted by Gasteiger charge is 2.35. The van der Waals surface area contributed by atoms with Crippen LogP contribution in [0, 0.1) is 0 Å². The largest absolute Gasteiger partial charge is 0.283 e. The van der Waals surface area contributed by atoms with E-state index in [1.807, 2.05) is 24.3 Å². The summed E-state index contributed by atoms with van der Waals surface area (Å²) in [6, 6.07) is 11.0. The van der Waals surface area contributed by atoms with Crippen LogP contribution < -0.4 is 9.86 Å². The fourth-order valence-corrected chi connectivity index (χ4v) is 8.36. The Morgan fingerprint density at radius 2 is 1.97 bits per heavy atom. The first-order valence-electron chi connectivity index (χ1n) is 10.8. The number of aromatic nitrogens is 2. The molecule has 1 saturated carbocycles. The van der Waals surface area contributed by atoms with Crippen LogP contribution in [0.15, 0.2) is 69.3 Å². The molecule has 6 nitrogen and oxygen atoms in total. The lowest BCUT2D eigenvalue weighted by Gasteiger charge is -2.19. The second-order valence-corrected chi connectivity index (χ2v) is 12.1. The third kappa shape index (κ3) is 3.25. The predicted molar refractivity (Wildman–Crippen MR) is 135 cm³/mol. The summed E-state index contributed by atoms with van der Waals surface area (Å²) in [5, 5.41) is 5.10. The lowest BCUT2D eigenvalue weighted by atomic mass is 10.1. The standard InChI is InChI=1S/C24H21N3O3S3/c1-2-11-26-23(28)21-17(15-9-10-15)14-32-22(21)25-24(26)31-13-12-27-18-7-3-5-16-6-4-8-19(20(16)18)33(27,29)30/h2-8,14-15H,1,9-13H2. The Hall–Kier alpha value is -2.62. The molecule has 1 fully saturated rings. The average Bonchev–Trinajstić information content (AvgIpc) is 3.52. The first-order valence-corrected chi connectivity index (χ1v) is 14.1. The van der Waals surface area contributed by atoms with Crippen molar-refractivity contribution in [2.45, 2.75) is 35.4 Å². The summed E-state index contributed by atoms with van der Waals surface area (Å²) in [6.07, 6.45) is 3.95. The van der Waals surface area contributed by atoms with Gasteiger partial charge in [0.2, 0.25) is 0 Å². The van der Waals surface area contributed by atoms with E-state index in [-0.39, 0.29) is 5.56 Å². The third-order valence-electron chi connectivity index (χ3n) is 6.22. The maximum Gasteiger partial charge on any atom is 0.265 e. The molecule has 0 bridgehead atoms. The zero-order valence-electron chi connectivity index (χ0n) is 17.7. The van der Waals surface area contributed by atoms with Crippen molar-refractivity contribution in [3.05, 3.63) is 70.4 Å². The van der Waals surface area contributed by atoms with E-state index < -0.39 is 10.0 Å². The monoisotopic (exact) mass is 495 g/mol. The number of nitrogens with zero attached hydrogens (tertiary/aromatic N) is 3. The molecular weight excluding hydrogens is 474 g/mol. The van der Waals surface area contributed by atoms with Crippen LogP contribution in [0.3, 0.4) is 0 Å². The van der Waals surface area contributed by atoms with Crippen molar-refractivity contribution in [3.63, 3.8) is 0 Å². The number of hydrogen-bond donors (Lipinski definition) is 0. The fourth-order valence-electron chi connectivity index (χ4n) is 4.54. The van der Waals surface area contributed by atoms with E-state index in [2.05, 4.69) is 12.0 Å². The van der Waals surface area contributed by atoms with Crippen LogP contribution in [0.5, 0.6) is 0 Å². The molecule has 0 spiro atoms. The molecule has 0 N–H and O–H groups in total. The molecule has 1 aliphatic heterocycles. The van der Waals surface area contributed by atoms with Gasteiger partial charge in [-0.15, -0.1) is 17.9 Å². The Morgan fingerprint density at radius 1 is 1.18 bits per heavy atom. The molecule has 2 aliphatic rings. The van der Waals surface area contributed by atoms with Crippen LogP contribution in [-0.4, -0.2) is 30.3 Å². The smallest absolute Gasteiger partial charge is 0.265 e. The van der Waals surface area contributed by atoms with Gasteiger partial charge in [-0.25, -0.2) is 13.4 Å². The van der Waals surface area contributed by atoms with Crippen LogP contribution in [0.25, 0.3) is 21.0 Å². The SMILES string of the molecule is C=CCn1c(SCCN2c3cccc4cccc(c34)S2(=O)=O)nc2scc(C3CC3)c2c1=O. The highest BCUT2D eigenvalue weighted by atomic mass is 32.2. The van der Waals surface area contributed by atoms with Gasteiger partial charge in [-0.3, -0.25) is 13.7 Å². The van der Waals surface area contributed by atoms with E-state index in [0.29, 0.717) is 40.5 Å². The Kier molecular flexibility index (Phi) is 4.90. The summed E-state index contributed by atoms with van der Waals surface area (Å²) >= 11 is 2.92. The van der Waals surface area contributed by atoms with Gasteiger partial charge in [0.25, 0.3) is 15.6 Å². The van der Waals surface area contributed by atoms with E-state index in [9.17, 15) is 13.2 Å². The van der Waals surface area contributed by atoms with Crippen molar-refractivity contribution in [2.24, 2.45) is 0 Å². The summed E-state index contributed by atoms with van der Waals surface area (Å²) < 4.78 is 29.6. The van der Waals surface area contributed by atoms with Crippen LogP contribution in [0.1, 0.15) is 24.3 Å². The van der Waals surface area contributed by atoms with Gasteiger partial charge in [-0.2, -0.15) is 0 Å². The van der Waals surface area contributed by atoms with Crippen LogP contribution in [0.2, 0.25) is 0 Å². The fraction of sp³-hybridized carbons (Fsp3) is 0.250. The van der Waals surface area contributed by atoms with E-state index in [1.54, 1.807) is 22.8 Å². The lowest BCUT2D eigenvalue weighted by Crippen LogP contribution is -2.30. The van der Waals surface area contributed by atoms with E-state index >= 15 is 0 Å². The lowest BCUT2D eigenvalue weighted by molar-refractivity contribution is 0.595. The molecular formula is C24H21N3O3S3. The summed E-state index contributed by atoms with van der Waals surface area (Å²) in [5.74, 6) is 0.952. The molecule has 3 heterocycles. The zero-order valence-corrected chi connectivity index (χ0v) is 20.2. The molecule has 4 aromatic rings. The maximum atomic E-state index is 13.3. The Balaban J connectivity index is 1.32. The van der Waals surface area contributed by atoms with E-state index in [1.165, 1.54) is 27.4 Å². The molecule has 168 valence electrons. The summed E-state index contributed by atoms with van der Waals surface area (Å²) in [5.41, 5.74) is 1.80. The molecule has 0 radical (unpaired) electrons. The topological polar surface area (TPSA) is 72.3 Å². The number of fused-ring (bicyclic) bond motifs is 1. The average molecular weight is 496 g/mol. The van der Waals surface area contributed by atoms with Crippen molar-refractivity contribution >= 4 is 59.8 Å². The molecule has 0 saturated heterocycles. The van der Waals surface area contributed by atoms with E-state index in [0.717, 1.165) is 39.4 Å². The molecule has 1 aliphatic carbocycles. The van der Waals surface area contributed by atoms with Gasteiger partial charge in [0.05, 0.1) is 16.0 Å². The Bertz CT molecular complexity index is 1590. The number of anilines is 1. The van der Waals surface area contributed by atoms with Gasteiger partial charge in [0, 0.05) is 24.2 Å². The molecule has 0 unspecified atom stereocenters. The van der Waals surface area contributed by atoms with E-state index in [4.69, 9.17) is 4.98 Å². The first-order chi connectivity index (χ1) is 16.0. The van der Waals surface area contributed by atoms with Gasteiger partial charge in [0.1, 0.15) is 4.83 Å². The number of benzene rings is 2. The highest BCUT2D eigenvalue weighted by Crippen LogP contribution is 2.44. The molecule has 33 heavy (non-hydrogen) atoms. The van der Waals surface area contributed by atoms with Gasteiger partial charge in [-0.1, -0.05) is 42.1 Å². The minimum absolute atomic E-state index is 0.0310. The minimum Gasteiger partial charge on any atom is -0.283 e. The van der Waals surface area contributed by atoms with Gasteiger partial charge < -0.3 is 0 Å². The number of thiophene rings is 1. The predicted octanol–water partition coefficient (Wildman–Crippen LogP) is 4.98. The number of sulfonamides is 1. The van der Waals surface area contributed by atoms with Crippen molar-refractivity contribution in [1.29, 1.82) is 0 Å². The molecule has 0 amide bonds. The van der Waals surface area contributed by atoms with Crippen molar-refractivity contribution < 1.29 is 8.42 Å². The van der Waals surface area contributed by atoms with Crippen LogP contribution in [-0.2, 0) is 16.6 Å². The molecule has 9 heteroatoms. The normalized spacial score (nSPS) is 16.7.